The Labute approximate surface area is 219 Å². The number of nitrogen functional groups attached to an aromatic ring is 1. The van der Waals surface area contributed by atoms with Gasteiger partial charge in [-0.3, -0.25) is 4.98 Å². The van der Waals surface area contributed by atoms with E-state index >= 15 is 0 Å². The van der Waals surface area contributed by atoms with Crippen molar-refractivity contribution < 1.29 is 12.8 Å². The Bertz CT molecular complexity index is 1660. The molecule has 4 rings (SSSR count). The van der Waals surface area contributed by atoms with E-state index in [0.717, 1.165) is 6.26 Å². The molecule has 0 aliphatic heterocycles. The Hall–Kier alpha value is -4.28. The number of sulfonamides is 1. The van der Waals surface area contributed by atoms with Gasteiger partial charge in [0.05, 0.1) is 36.3 Å². The van der Waals surface area contributed by atoms with Crippen LogP contribution >= 0.6 is 0 Å². The monoisotopic (exact) mass is 535 g/mol. The number of pyridine rings is 1. The lowest BCUT2D eigenvalue weighted by Gasteiger charge is -2.24. The first-order valence-corrected chi connectivity index (χ1v) is 13.4. The Morgan fingerprint density at radius 1 is 1.16 bits per heavy atom. The van der Waals surface area contributed by atoms with Crippen molar-refractivity contribution in [2.75, 3.05) is 18.5 Å². The summed E-state index contributed by atoms with van der Waals surface area (Å²) in [6.45, 7) is 5.95. The smallest absolute Gasteiger partial charge is 0.208 e. The highest BCUT2D eigenvalue weighted by molar-refractivity contribution is 7.88. The van der Waals surface area contributed by atoms with E-state index in [2.05, 4.69) is 36.1 Å². The molecule has 0 aliphatic carbocycles. The lowest BCUT2D eigenvalue weighted by molar-refractivity contribution is 0.487. The third-order valence-corrected chi connectivity index (χ3v) is 6.62. The predicted molar refractivity (Wildman–Crippen MR) is 140 cm³/mol. The van der Waals surface area contributed by atoms with Gasteiger partial charge in [0.25, 0.3) is 0 Å². The zero-order chi connectivity index (χ0) is 27.7. The van der Waals surface area contributed by atoms with E-state index in [0.29, 0.717) is 28.1 Å². The molecule has 4 aromatic rings. The van der Waals surface area contributed by atoms with Crippen molar-refractivity contribution in [3.05, 3.63) is 70.9 Å². The van der Waals surface area contributed by atoms with Crippen LogP contribution in [0, 0.1) is 24.1 Å². The number of nitriles is 1. The number of anilines is 1. The van der Waals surface area contributed by atoms with Gasteiger partial charge in [-0.05, 0) is 30.7 Å². The highest BCUT2D eigenvalue weighted by Crippen LogP contribution is 2.28. The van der Waals surface area contributed by atoms with Crippen LogP contribution in [0.3, 0.4) is 0 Å². The van der Waals surface area contributed by atoms with Crippen LogP contribution in [0.5, 0.6) is 0 Å². The molecule has 0 saturated heterocycles. The molecule has 0 aliphatic rings. The molecule has 196 valence electrons. The minimum Gasteiger partial charge on any atom is -0.381 e. The average molecular weight is 536 g/mol. The van der Waals surface area contributed by atoms with E-state index in [9.17, 15) is 18.1 Å². The van der Waals surface area contributed by atoms with Crippen molar-refractivity contribution in [1.29, 1.82) is 5.26 Å². The van der Waals surface area contributed by atoms with Crippen LogP contribution in [0.1, 0.15) is 36.4 Å². The summed E-state index contributed by atoms with van der Waals surface area (Å²) in [5.41, 5.74) is 8.33. The van der Waals surface area contributed by atoms with Gasteiger partial charge in [0, 0.05) is 23.2 Å². The zero-order valence-corrected chi connectivity index (χ0v) is 22.1. The molecule has 0 fully saturated rings. The van der Waals surface area contributed by atoms with E-state index in [-0.39, 0.29) is 36.1 Å². The summed E-state index contributed by atoms with van der Waals surface area (Å²) in [6, 6.07) is 12.7. The molecule has 0 radical (unpaired) electrons. The molecule has 0 amide bonds. The minimum atomic E-state index is -3.35. The fourth-order valence-electron chi connectivity index (χ4n) is 3.75. The summed E-state index contributed by atoms with van der Waals surface area (Å²) in [7, 11) is -3.35. The fraction of sp³-hybridized carbons (Fsp3) is 0.280. The molecule has 0 bridgehead atoms. The molecule has 0 unspecified atom stereocenters. The maximum Gasteiger partial charge on any atom is 0.208 e. The van der Waals surface area contributed by atoms with Crippen LogP contribution in [0.25, 0.3) is 22.8 Å². The van der Waals surface area contributed by atoms with Gasteiger partial charge < -0.3 is 5.73 Å². The largest absolute Gasteiger partial charge is 0.381 e. The Balaban J connectivity index is 1.62. The Kier molecular flexibility index (Phi) is 7.21. The molecule has 11 nitrogen and oxygen atoms in total. The standard InChI is InChI=1S/C25H26FN9O2S/c1-15-16(11-27)7-5-9-18(15)24-31-22(21(26)23(28)32-24)19-13-35(34-33-19)12-17-8-6-10-20(30-17)25(2,3)14-29-38(4,36)37/h5-10,13,29H,12,14H2,1-4H3,(H2,28,31,32). The number of halogens is 1. The van der Waals surface area contributed by atoms with Crippen molar-refractivity contribution in [2.24, 2.45) is 0 Å². The van der Waals surface area contributed by atoms with Gasteiger partial charge in [-0.2, -0.15) is 5.26 Å². The second-order valence-electron chi connectivity index (χ2n) is 9.48. The fourth-order valence-corrected chi connectivity index (χ4v) is 4.37. The van der Waals surface area contributed by atoms with Crippen LogP contribution in [0.4, 0.5) is 10.2 Å². The summed E-state index contributed by atoms with van der Waals surface area (Å²) in [6.07, 6.45) is 2.63. The van der Waals surface area contributed by atoms with Crippen LogP contribution in [0.15, 0.2) is 42.6 Å². The number of nitrogens with one attached hydrogen (secondary N) is 1. The lowest BCUT2D eigenvalue weighted by atomic mass is 9.89. The first-order chi connectivity index (χ1) is 17.9. The number of rotatable bonds is 8. The molecule has 3 heterocycles. The van der Waals surface area contributed by atoms with Crippen LogP contribution in [-0.4, -0.2) is 51.2 Å². The number of hydrogen-bond acceptors (Lipinski definition) is 9. The van der Waals surface area contributed by atoms with E-state index in [1.54, 1.807) is 31.2 Å². The lowest BCUT2D eigenvalue weighted by Crippen LogP contribution is -2.36. The third kappa shape index (κ3) is 5.82. The predicted octanol–water partition coefficient (Wildman–Crippen LogP) is 2.57. The highest BCUT2D eigenvalue weighted by atomic mass is 32.2. The van der Waals surface area contributed by atoms with Crippen molar-refractivity contribution in [1.82, 2.24) is 34.7 Å². The molecule has 3 N–H and O–H groups in total. The molecule has 13 heteroatoms. The molecule has 0 saturated carbocycles. The second-order valence-corrected chi connectivity index (χ2v) is 11.3. The Morgan fingerprint density at radius 2 is 1.89 bits per heavy atom. The van der Waals surface area contributed by atoms with Crippen molar-refractivity contribution in [2.45, 2.75) is 32.7 Å². The van der Waals surface area contributed by atoms with Crippen LogP contribution < -0.4 is 10.5 Å². The van der Waals surface area contributed by atoms with Crippen molar-refractivity contribution in [3.63, 3.8) is 0 Å². The van der Waals surface area contributed by atoms with Gasteiger partial charge in [-0.15, -0.1) is 5.10 Å². The quantitative estimate of drug-likeness (QED) is 0.345. The zero-order valence-electron chi connectivity index (χ0n) is 21.3. The summed E-state index contributed by atoms with van der Waals surface area (Å²) < 4.78 is 42.0. The highest BCUT2D eigenvalue weighted by Gasteiger charge is 2.24. The topological polar surface area (TPSA) is 165 Å². The summed E-state index contributed by atoms with van der Waals surface area (Å²) in [5.74, 6) is -1.00. The van der Waals surface area contributed by atoms with Gasteiger partial charge in [-0.25, -0.2) is 32.2 Å². The number of nitrogens with two attached hydrogens (primary N) is 1. The molecule has 0 atom stereocenters. The molecule has 1 aromatic carbocycles. The normalized spacial score (nSPS) is 11.9. The second kappa shape index (κ2) is 10.2. The first kappa shape index (κ1) is 26.8. The van der Waals surface area contributed by atoms with E-state index in [1.165, 1.54) is 10.9 Å². The molecule has 38 heavy (non-hydrogen) atoms. The van der Waals surface area contributed by atoms with Gasteiger partial charge in [0.1, 0.15) is 11.4 Å². The van der Waals surface area contributed by atoms with Crippen LogP contribution in [-0.2, 0) is 22.0 Å². The summed E-state index contributed by atoms with van der Waals surface area (Å²) in [5, 5.41) is 17.5. The van der Waals surface area contributed by atoms with Crippen LogP contribution in [0.2, 0.25) is 0 Å². The van der Waals surface area contributed by atoms with E-state index < -0.39 is 21.3 Å². The maximum atomic E-state index is 15.0. The van der Waals surface area contributed by atoms with E-state index in [4.69, 9.17) is 5.73 Å². The minimum absolute atomic E-state index is 0.116. The molecular weight excluding hydrogens is 509 g/mol. The molecular formula is C25H26FN9O2S. The Morgan fingerprint density at radius 3 is 2.61 bits per heavy atom. The number of hydrogen-bond donors (Lipinski definition) is 2. The summed E-state index contributed by atoms with van der Waals surface area (Å²) in [4.78, 5) is 13.1. The van der Waals surface area contributed by atoms with Crippen molar-refractivity contribution >= 4 is 15.8 Å². The average Bonchev–Trinajstić information content (AvgIpc) is 3.32. The third-order valence-electron chi connectivity index (χ3n) is 5.95. The summed E-state index contributed by atoms with van der Waals surface area (Å²) >= 11 is 0. The SMILES string of the molecule is Cc1c(C#N)cccc1-c1nc(N)c(F)c(-c2cn(Cc3cccc(C(C)(C)CNS(C)(=O)=O)n3)nn2)n1. The van der Waals surface area contributed by atoms with Crippen molar-refractivity contribution in [3.8, 4) is 28.8 Å². The number of benzene rings is 1. The van der Waals surface area contributed by atoms with Gasteiger partial charge >= 0.3 is 0 Å². The van der Waals surface area contributed by atoms with E-state index in [1.807, 2.05) is 26.0 Å². The van der Waals surface area contributed by atoms with Gasteiger partial charge in [0.15, 0.2) is 17.5 Å². The maximum absolute atomic E-state index is 15.0. The van der Waals surface area contributed by atoms with Gasteiger partial charge in [-0.1, -0.05) is 37.3 Å². The molecule has 3 aromatic heterocycles. The number of nitrogens with zero attached hydrogens (tertiary/aromatic N) is 7. The van der Waals surface area contributed by atoms with Gasteiger partial charge in [0.2, 0.25) is 10.0 Å². The first-order valence-electron chi connectivity index (χ1n) is 11.5. The number of aromatic nitrogens is 6. The molecule has 0 spiro atoms.